The first-order chi connectivity index (χ1) is 15.1. The Balaban J connectivity index is 1.50. The lowest BCUT2D eigenvalue weighted by molar-refractivity contribution is -0.140. The number of hydrogen-bond acceptors (Lipinski definition) is 7. The second-order valence-electron chi connectivity index (χ2n) is 8.18. The van der Waals surface area contributed by atoms with Gasteiger partial charge in [-0.25, -0.2) is 14.2 Å². The first-order valence-corrected chi connectivity index (χ1v) is 12.0. The zero-order valence-electron chi connectivity index (χ0n) is 17.0. The van der Waals surface area contributed by atoms with E-state index in [4.69, 9.17) is 9.52 Å². The van der Waals surface area contributed by atoms with E-state index in [-0.39, 0.29) is 34.2 Å². The minimum Gasteiger partial charge on any atom is -0.491 e. The lowest BCUT2D eigenvalue weighted by Crippen LogP contribution is -2.62. The van der Waals surface area contributed by atoms with Gasteiger partial charge in [-0.15, -0.1) is 0 Å². The quantitative estimate of drug-likeness (QED) is 0.545. The van der Waals surface area contributed by atoms with E-state index in [0.29, 0.717) is 25.4 Å². The maximum Gasteiger partial charge on any atom is 0.431 e. The zero-order chi connectivity index (χ0) is 22.7. The molecule has 2 aliphatic rings. The minimum atomic E-state index is -4.53. The molecule has 0 bridgehead atoms. The third-order valence-electron chi connectivity index (χ3n) is 6.05. The number of para-hydroxylation sites is 1. The van der Waals surface area contributed by atoms with Gasteiger partial charge in [0, 0.05) is 34.6 Å². The largest absolute Gasteiger partial charge is 0.491 e. The number of nitrogens with one attached hydrogen (secondary N) is 3. The van der Waals surface area contributed by atoms with Crippen molar-refractivity contribution in [1.29, 1.82) is 4.78 Å². The van der Waals surface area contributed by atoms with E-state index < -0.39 is 21.6 Å². The van der Waals surface area contributed by atoms with Crippen molar-refractivity contribution in [2.75, 3.05) is 31.3 Å². The fourth-order valence-electron chi connectivity index (χ4n) is 4.22. The number of halogens is 3. The van der Waals surface area contributed by atoms with Gasteiger partial charge >= 0.3 is 6.18 Å². The number of aromatic amines is 1. The molecule has 3 atom stereocenters. The Morgan fingerprint density at radius 3 is 2.75 bits per heavy atom. The van der Waals surface area contributed by atoms with E-state index in [9.17, 15) is 17.4 Å². The molecule has 1 unspecified atom stereocenters. The smallest absolute Gasteiger partial charge is 0.431 e. The highest BCUT2D eigenvalue weighted by Crippen LogP contribution is 2.40. The second kappa shape index (κ2) is 7.34. The fourth-order valence-corrected chi connectivity index (χ4v) is 5.17. The number of rotatable bonds is 4. The van der Waals surface area contributed by atoms with Crippen molar-refractivity contribution in [3.8, 4) is 5.75 Å². The van der Waals surface area contributed by atoms with Crippen molar-refractivity contribution >= 4 is 26.6 Å². The van der Waals surface area contributed by atoms with Crippen LogP contribution in [-0.2, 0) is 15.9 Å². The van der Waals surface area contributed by atoms with E-state index in [0.717, 1.165) is 11.6 Å². The summed E-state index contributed by atoms with van der Waals surface area (Å²) in [5.41, 5.74) is 0.0584. The van der Waals surface area contributed by atoms with Crippen LogP contribution in [0.25, 0.3) is 11.0 Å². The van der Waals surface area contributed by atoms with Crippen molar-refractivity contribution in [2.24, 2.45) is 0 Å². The molecule has 2 aromatic heterocycles. The van der Waals surface area contributed by atoms with Crippen LogP contribution in [0.3, 0.4) is 0 Å². The van der Waals surface area contributed by atoms with Crippen molar-refractivity contribution in [2.45, 2.75) is 23.5 Å². The number of nitrogens with zero attached hydrogens (tertiary/aromatic N) is 3. The molecule has 0 aliphatic carbocycles. The summed E-state index contributed by atoms with van der Waals surface area (Å²) in [5, 5.41) is 3.34. The van der Waals surface area contributed by atoms with E-state index >= 15 is 0 Å². The monoisotopic (exact) mass is 466 g/mol. The Bertz CT molecular complexity index is 1270. The van der Waals surface area contributed by atoms with Gasteiger partial charge in [0.1, 0.15) is 35.8 Å². The number of benzene rings is 1. The summed E-state index contributed by atoms with van der Waals surface area (Å²) in [6.45, 7) is 1.34. The fraction of sp³-hybridized carbons (Fsp3) is 0.400. The average Bonchev–Trinajstić information content (AvgIpc) is 3.13. The van der Waals surface area contributed by atoms with Crippen LogP contribution in [-0.4, -0.2) is 61.3 Å². The normalized spacial score (nSPS) is 23.8. The topological polar surface area (TPSA) is 107 Å². The summed E-state index contributed by atoms with van der Waals surface area (Å²) >= 11 is 0. The molecule has 1 fully saturated rings. The summed E-state index contributed by atoms with van der Waals surface area (Å²) < 4.78 is 65.5. The molecule has 0 amide bonds. The third kappa shape index (κ3) is 3.66. The number of aromatic nitrogens is 3. The molecule has 3 aromatic rings. The van der Waals surface area contributed by atoms with E-state index in [1.54, 1.807) is 0 Å². The van der Waals surface area contributed by atoms with Gasteiger partial charge in [0.15, 0.2) is 0 Å². The number of alkyl halides is 3. The number of H-pyrrole nitrogens is 1. The molecule has 8 nitrogen and oxygen atoms in total. The van der Waals surface area contributed by atoms with Gasteiger partial charge in [-0.1, -0.05) is 18.2 Å². The molecule has 2 aliphatic heterocycles. The highest BCUT2D eigenvalue weighted by atomic mass is 32.2. The summed E-state index contributed by atoms with van der Waals surface area (Å²) in [6.07, 6.45) is -1.87. The highest BCUT2D eigenvalue weighted by Gasteiger charge is 2.43. The van der Waals surface area contributed by atoms with Gasteiger partial charge in [0.25, 0.3) is 0 Å². The van der Waals surface area contributed by atoms with Gasteiger partial charge < -0.3 is 15.0 Å². The summed E-state index contributed by atoms with van der Waals surface area (Å²) in [7, 11) is -2.65. The van der Waals surface area contributed by atoms with E-state index in [1.807, 2.05) is 24.3 Å². The lowest BCUT2D eigenvalue weighted by atomic mass is 9.93. The van der Waals surface area contributed by atoms with Gasteiger partial charge in [-0.05, 0) is 12.1 Å². The molecule has 0 saturated carbocycles. The Morgan fingerprint density at radius 2 is 2.03 bits per heavy atom. The van der Waals surface area contributed by atoms with Crippen molar-refractivity contribution in [1.82, 2.24) is 19.9 Å². The van der Waals surface area contributed by atoms with Crippen LogP contribution < -0.4 is 10.1 Å². The Morgan fingerprint density at radius 1 is 1.28 bits per heavy atom. The molecule has 1 aromatic carbocycles. The number of ether oxygens (including phenoxy) is 1. The van der Waals surface area contributed by atoms with Crippen molar-refractivity contribution < 1.29 is 22.1 Å². The SMILES string of the molecule is CS(=N)(=O)C1CN([C@H]2COc3ccccc3[C@@H]2Nc2ncnc3[nH]c(C(F)(F)F)cc23)C1. The number of anilines is 1. The number of fused-ring (bicyclic) bond motifs is 2. The van der Waals surface area contributed by atoms with Crippen LogP contribution in [0.15, 0.2) is 36.7 Å². The number of hydrogen-bond donors (Lipinski definition) is 3. The van der Waals surface area contributed by atoms with Crippen LogP contribution in [0.4, 0.5) is 19.0 Å². The molecule has 0 radical (unpaired) electrons. The highest BCUT2D eigenvalue weighted by molar-refractivity contribution is 7.92. The first-order valence-electron chi connectivity index (χ1n) is 9.97. The molecule has 32 heavy (non-hydrogen) atoms. The van der Waals surface area contributed by atoms with Crippen molar-refractivity contribution in [3.63, 3.8) is 0 Å². The van der Waals surface area contributed by atoms with Crippen LogP contribution in [0.5, 0.6) is 5.75 Å². The number of likely N-dealkylation sites (tertiary alicyclic amines) is 1. The first kappa shape index (κ1) is 21.0. The molecule has 4 heterocycles. The second-order valence-corrected chi connectivity index (χ2v) is 10.7. The summed E-state index contributed by atoms with van der Waals surface area (Å²) in [4.78, 5) is 12.6. The summed E-state index contributed by atoms with van der Waals surface area (Å²) in [5.74, 6) is 0.971. The maximum absolute atomic E-state index is 13.2. The third-order valence-corrected chi connectivity index (χ3v) is 7.62. The van der Waals surface area contributed by atoms with Crippen LogP contribution in [0.1, 0.15) is 17.3 Å². The van der Waals surface area contributed by atoms with Gasteiger partial charge in [0.2, 0.25) is 0 Å². The zero-order valence-corrected chi connectivity index (χ0v) is 17.8. The molecule has 12 heteroatoms. The van der Waals surface area contributed by atoms with E-state index in [1.165, 1.54) is 12.6 Å². The Labute approximate surface area is 182 Å². The van der Waals surface area contributed by atoms with Crippen LogP contribution >= 0.6 is 0 Å². The average molecular weight is 466 g/mol. The predicted molar refractivity (Wildman–Crippen MR) is 113 cm³/mol. The molecule has 3 N–H and O–H groups in total. The standard InChI is InChI=1S/C20H21F3N6O2S/c1-32(24,30)11-7-29(8-11)14-9-31-15-5-3-2-4-12(15)17(14)28-19-13-6-16(20(21,22)23)27-18(13)25-10-26-19/h2-6,10-11,14,17,24H,7-9H2,1H3,(H2,25,26,27,28)/t14-,17-,32?/m0/s1. The van der Waals surface area contributed by atoms with Crippen molar-refractivity contribution in [3.05, 3.63) is 47.9 Å². The van der Waals surface area contributed by atoms with Gasteiger partial charge in [-0.2, -0.15) is 13.2 Å². The van der Waals surface area contributed by atoms with Gasteiger partial charge in [-0.3, -0.25) is 9.68 Å². The molecule has 1 saturated heterocycles. The Hall–Kier alpha value is -2.86. The maximum atomic E-state index is 13.2. The summed E-state index contributed by atoms with van der Waals surface area (Å²) in [6, 6.07) is 7.97. The van der Waals surface area contributed by atoms with E-state index in [2.05, 4.69) is 25.2 Å². The van der Waals surface area contributed by atoms with Crippen LogP contribution in [0.2, 0.25) is 0 Å². The predicted octanol–water partition coefficient (Wildman–Crippen LogP) is 3.25. The molecular weight excluding hydrogens is 445 g/mol. The van der Waals surface area contributed by atoms with Gasteiger partial charge in [0.05, 0.1) is 22.7 Å². The molecule has 170 valence electrons. The lowest BCUT2D eigenvalue weighted by Gasteiger charge is -2.48. The van der Waals surface area contributed by atoms with Crippen LogP contribution in [0, 0.1) is 4.78 Å². The minimum absolute atomic E-state index is 0.0932. The Kier molecular flexibility index (Phi) is 4.82. The molecule has 5 rings (SSSR count). The molecular formula is C20H21F3N6O2S. The molecule has 0 spiro atoms.